The molecule has 0 unspecified atom stereocenters. The summed E-state index contributed by atoms with van der Waals surface area (Å²) in [6, 6.07) is 3.56. The lowest BCUT2D eigenvalue weighted by atomic mass is 9.74. The van der Waals surface area contributed by atoms with Gasteiger partial charge in [0.25, 0.3) is 5.91 Å². The predicted molar refractivity (Wildman–Crippen MR) is 107 cm³/mol. The Balaban J connectivity index is 2.00. The molecule has 0 aliphatic heterocycles. The summed E-state index contributed by atoms with van der Waals surface area (Å²) in [5.41, 5.74) is 2.72. The number of hydrogen-bond acceptors (Lipinski definition) is 5. The molecule has 2 heterocycles. The molecule has 0 radical (unpaired) electrons. The lowest BCUT2D eigenvalue weighted by Gasteiger charge is -2.37. The zero-order valence-electron chi connectivity index (χ0n) is 17.1. The zero-order valence-corrected chi connectivity index (χ0v) is 17.1. The van der Waals surface area contributed by atoms with Gasteiger partial charge in [0.15, 0.2) is 0 Å². The first-order valence-corrected chi connectivity index (χ1v) is 9.41. The van der Waals surface area contributed by atoms with E-state index in [0.717, 1.165) is 29.9 Å². The Morgan fingerprint density at radius 3 is 2.67 bits per heavy atom. The molecule has 0 aromatic carbocycles. The summed E-state index contributed by atoms with van der Waals surface area (Å²) in [4.78, 5) is 26.1. The zero-order chi connectivity index (χ0) is 19.8. The van der Waals surface area contributed by atoms with Crippen LogP contribution in [0.1, 0.15) is 74.5 Å². The highest BCUT2D eigenvalue weighted by Crippen LogP contribution is 2.41. The lowest BCUT2D eigenvalue weighted by Crippen LogP contribution is -2.32. The number of carbonyl (C=O) groups excluding carboxylic acids is 1. The van der Waals surface area contributed by atoms with Gasteiger partial charge in [0, 0.05) is 36.1 Å². The number of rotatable bonds is 3. The first kappa shape index (κ1) is 19.3. The van der Waals surface area contributed by atoms with Gasteiger partial charge in [-0.2, -0.15) is 0 Å². The molecule has 1 atom stereocenters. The molecule has 0 spiro atoms. The molecule has 6 nitrogen and oxygen atoms in total. The summed E-state index contributed by atoms with van der Waals surface area (Å²) in [5, 5.41) is 6.16. The van der Waals surface area contributed by atoms with Gasteiger partial charge in [0.2, 0.25) is 0 Å². The van der Waals surface area contributed by atoms with Gasteiger partial charge < -0.3 is 10.6 Å². The van der Waals surface area contributed by atoms with Gasteiger partial charge in [-0.1, -0.05) is 34.6 Å². The molecule has 0 saturated carbocycles. The third kappa shape index (κ3) is 4.10. The van der Waals surface area contributed by atoms with E-state index in [1.807, 2.05) is 6.20 Å². The first-order chi connectivity index (χ1) is 12.6. The molecule has 27 heavy (non-hydrogen) atoms. The number of nitrogens with zero attached hydrogens (tertiary/aromatic N) is 3. The van der Waals surface area contributed by atoms with E-state index in [-0.39, 0.29) is 22.8 Å². The topological polar surface area (TPSA) is 79.8 Å². The smallest absolute Gasteiger partial charge is 0.254 e. The molecular formula is C21H29N5O. The van der Waals surface area contributed by atoms with Crippen LogP contribution in [0.25, 0.3) is 0 Å². The van der Waals surface area contributed by atoms with Crippen molar-refractivity contribution in [2.75, 3.05) is 12.4 Å². The third-order valence-electron chi connectivity index (χ3n) is 4.94. The molecule has 0 fully saturated rings. The molecule has 3 rings (SSSR count). The average molecular weight is 367 g/mol. The summed E-state index contributed by atoms with van der Waals surface area (Å²) in [6.45, 7) is 10.9. The molecule has 0 saturated heterocycles. The molecule has 0 bridgehead atoms. The maximum absolute atomic E-state index is 12.2. The van der Waals surface area contributed by atoms with Crippen molar-refractivity contribution in [3.63, 3.8) is 0 Å². The van der Waals surface area contributed by atoms with E-state index in [4.69, 9.17) is 4.98 Å². The van der Waals surface area contributed by atoms with Gasteiger partial charge in [-0.25, -0.2) is 15.0 Å². The van der Waals surface area contributed by atoms with Crippen LogP contribution < -0.4 is 10.6 Å². The fraction of sp³-hybridized carbons (Fsp3) is 0.524. The number of anilines is 1. The summed E-state index contributed by atoms with van der Waals surface area (Å²) in [6.07, 6.45) is 5.47. The van der Waals surface area contributed by atoms with Crippen molar-refractivity contribution in [3.8, 4) is 0 Å². The van der Waals surface area contributed by atoms with Gasteiger partial charge in [0.05, 0.1) is 11.6 Å². The summed E-state index contributed by atoms with van der Waals surface area (Å²) < 4.78 is 0. The van der Waals surface area contributed by atoms with E-state index in [1.54, 1.807) is 25.4 Å². The Hall–Kier alpha value is -2.50. The molecule has 1 amide bonds. The number of hydrogen-bond donors (Lipinski definition) is 2. The van der Waals surface area contributed by atoms with Crippen LogP contribution in [0, 0.1) is 5.41 Å². The minimum atomic E-state index is -0.153. The van der Waals surface area contributed by atoms with Crippen molar-refractivity contribution < 1.29 is 4.79 Å². The van der Waals surface area contributed by atoms with E-state index < -0.39 is 0 Å². The van der Waals surface area contributed by atoms with Crippen molar-refractivity contribution in [2.24, 2.45) is 5.41 Å². The number of fused-ring (bicyclic) bond motifs is 1. The van der Waals surface area contributed by atoms with Gasteiger partial charge >= 0.3 is 0 Å². The highest BCUT2D eigenvalue weighted by atomic mass is 16.1. The number of amides is 1. The SMILES string of the molecule is CNC(=O)c1cccnc1N[C@@H]1CC(C)(C)Cc2nc(C(C)(C)C)ncc21. The number of aromatic nitrogens is 3. The molecule has 2 aromatic heterocycles. The third-order valence-corrected chi connectivity index (χ3v) is 4.94. The molecule has 2 aromatic rings. The van der Waals surface area contributed by atoms with E-state index >= 15 is 0 Å². The molecule has 1 aliphatic carbocycles. The Kier molecular flexibility index (Phi) is 4.93. The fourth-order valence-electron chi connectivity index (χ4n) is 3.54. The van der Waals surface area contributed by atoms with Crippen molar-refractivity contribution in [3.05, 3.63) is 47.2 Å². The van der Waals surface area contributed by atoms with Gasteiger partial charge in [-0.05, 0) is 30.4 Å². The van der Waals surface area contributed by atoms with E-state index in [0.29, 0.717) is 11.4 Å². The Bertz CT molecular complexity index is 854. The minimum Gasteiger partial charge on any atom is -0.362 e. The first-order valence-electron chi connectivity index (χ1n) is 9.41. The molecule has 144 valence electrons. The summed E-state index contributed by atoms with van der Waals surface area (Å²) >= 11 is 0. The van der Waals surface area contributed by atoms with Crippen LogP contribution in [0.3, 0.4) is 0 Å². The molecule has 1 aliphatic rings. The van der Waals surface area contributed by atoms with Crippen LogP contribution in [-0.2, 0) is 11.8 Å². The van der Waals surface area contributed by atoms with Crippen LogP contribution >= 0.6 is 0 Å². The van der Waals surface area contributed by atoms with Crippen LogP contribution in [0.2, 0.25) is 0 Å². The number of carbonyl (C=O) groups is 1. The number of pyridine rings is 1. The largest absolute Gasteiger partial charge is 0.362 e. The second-order valence-electron chi connectivity index (χ2n) is 9.07. The monoisotopic (exact) mass is 367 g/mol. The van der Waals surface area contributed by atoms with Crippen molar-refractivity contribution in [2.45, 2.75) is 58.9 Å². The second-order valence-corrected chi connectivity index (χ2v) is 9.07. The summed E-state index contributed by atoms with van der Waals surface area (Å²) in [5.74, 6) is 1.30. The highest BCUT2D eigenvalue weighted by Gasteiger charge is 2.35. The van der Waals surface area contributed by atoms with E-state index in [2.05, 4.69) is 55.2 Å². The Morgan fingerprint density at radius 2 is 2.00 bits per heavy atom. The van der Waals surface area contributed by atoms with Gasteiger partial charge in [-0.15, -0.1) is 0 Å². The highest BCUT2D eigenvalue weighted by molar-refractivity contribution is 5.98. The average Bonchev–Trinajstić information content (AvgIpc) is 2.59. The van der Waals surface area contributed by atoms with E-state index in [9.17, 15) is 4.79 Å². The predicted octanol–water partition coefficient (Wildman–Crippen LogP) is 3.65. The molecular weight excluding hydrogens is 338 g/mol. The quantitative estimate of drug-likeness (QED) is 0.865. The van der Waals surface area contributed by atoms with E-state index in [1.165, 1.54) is 0 Å². The van der Waals surface area contributed by atoms with Crippen molar-refractivity contribution in [1.82, 2.24) is 20.3 Å². The lowest BCUT2D eigenvalue weighted by molar-refractivity contribution is 0.0963. The summed E-state index contributed by atoms with van der Waals surface area (Å²) in [7, 11) is 1.63. The van der Waals surface area contributed by atoms with Crippen LogP contribution in [0.15, 0.2) is 24.5 Å². The normalized spacial score (nSPS) is 18.5. The van der Waals surface area contributed by atoms with Crippen molar-refractivity contribution >= 4 is 11.7 Å². The standard InChI is InChI=1S/C21H29N5O/c1-20(2,3)19-24-12-14-15(10-21(4,5)11-16(14)26-19)25-17-13(18(27)22-6)8-7-9-23-17/h7-9,12,15H,10-11H2,1-6H3,(H,22,27)(H,23,25)/t15-/m1/s1. The van der Waals surface area contributed by atoms with Crippen LogP contribution in [0.5, 0.6) is 0 Å². The fourth-order valence-corrected chi connectivity index (χ4v) is 3.54. The second kappa shape index (κ2) is 6.91. The molecule has 2 N–H and O–H groups in total. The maximum Gasteiger partial charge on any atom is 0.254 e. The van der Waals surface area contributed by atoms with Crippen LogP contribution in [0.4, 0.5) is 5.82 Å². The Labute approximate surface area is 161 Å². The molecule has 6 heteroatoms. The van der Waals surface area contributed by atoms with Gasteiger partial charge in [0.1, 0.15) is 11.6 Å². The number of nitrogens with one attached hydrogen (secondary N) is 2. The maximum atomic E-state index is 12.2. The Morgan fingerprint density at radius 1 is 1.26 bits per heavy atom. The van der Waals surface area contributed by atoms with Crippen molar-refractivity contribution in [1.29, 1.82) is 0 Å². The van der Waals surface area contributed by atoms with Gasteiger partial charge in [-0.3, -0.25) is 4.79 Å². The van der Waals surface area contributed by atoms with Crippen LogP contribution in [-0.4, -0.2) is 27.9 Å². The minimum absolute atomic E-state index is 0.0103.